The van der Waals surface area contributed by atoms with E-state index in [2.05, 4.69) is 15.4 Å². The number of methoxy groups -OCH3 is 1. The molecule has 9 heteroatoms. The lowest BCUT2D eigenvalue weighted by atomic mass is 10.1. The first-order valence-corrected chi connectivity index (χ1v) is 12.2. The number of ether oxygens (including phenoxy) is 1. The van der Waals surface area contributed by atoms with Gasteiger partial charge in [0.05, 0.1) is 12.0 Å². The molecule has 0 aliphatic rings. The molecule has 34 heavy (non-hydrogen) atoms. The number of carbonyl (C=O) groups is 1. The van der Waals surface area contributed by atoms with E-state index in [0.717, 1.165) is 22.4 Å². The Kier molecular flexibility index (Phi) is 8.04. The molecule has 0 atom stereocenters. The van der Waals surface area contributed by atoms with Crippen LogP contribution in [0.2, 0.25) is 0 Å². The fourth-order valence-corrected chi connectivity index (χ4v) is 4.43. The molecule has 7 nitrogen and oxygen atoms in total. The Hall–Kier alpha value is -3.69. The Morgan fingerprint density at radius 2 is 1.53 bits per heavy atom. The number of rotatable bonds is 7. The van der Waals surface area contributed by atoms with Crippen molar-refractivity contribution >= 4 is 50.7 Å². The minimum Gasteiger partial charge on any atom is -0.497 e. The average Bonchev–Trinajstić information content (AvgIpc) is 2.77. The number of benzene rings is 3. The smallest absolute Gasteiger partial charge is 0.261 e. The van der Waals surface area contributed by atoms with Gasteiger partial charge >= 0.3 is 0 Å². The predicted octanol–water partition coefficient (Wildman–Crippen LogP) is 4.64. The van der Waals surface area contributed by atoms with Crippen LogP contribution in [0.5, 0.6) is 5.75 Å². The van der Waals surface area contributed by atoms with E-state index < -0.39 is 15.9 Å². The molecule has 0 bridgehead atoms. The molecular weight excluding hydrogens is 470 g/mol. The fraction of sp³-hybridized carbons (Fsp3) is 0.120. The fourth-order valence-electron chi connectivity index (χ4n) is 3.17. The maximum absolute atomic E-state index is 12.7. The maximum Gasteiger partial charge on any atom is 0.261 e. The lowest BCUT2D eigenvalue weighted by Crippen LogP contribution is -2.32. The first-order chi connectivity index (χ1) is 16.1. The lowest BCUT2D eigenvalue weighted by Gasteiger charge is -2.11. The number of nitrogens with one attached hydrogen (secondary N) is 3. The highest BCUT2D eigenvalue weighted by Gasteiger charge is 2.14. The highest BCUT2D eigenvalue weighted by atomic mass is 32.2. The van der Waals surface area contributed by atoms with Gasteiger partial charge < -0.3 is 10.1 Å². The van der Waals surface area contributed by atoms with Gasteiger partial charge in [0.1, 0.15) is 5.75 Å². The summed E-state index contributed by atoms with van der Waals surface area (Å²) in [5.41, 5.74) is 3.81. The van der Waals surface area contributed by atoms with Gasteiger partial charge in [-0.1, -0.05) is 18.2 Å². The van der Waals surface area contributed by atoms with Crippen molar-refractivity contribution in [2.45, 2.75) is 18.7 Å². The van der Waals surface area contributed by atoms with Gasteiger partial charge in [-0.25, -0.2) is 8.42 Å². The van der Waals surface area contributed by atoms with Crippen LogP contribution in [0.3, 0.4) is 0 Å². The molecule has 0 aromatic heterocycles. The summed E-state index contributed by atoms with van der Waals surface area (Å²) >= 11 is 5.17. The highest BCUT2D eigenvalue weighted by molar-refractivity contribution is 7.92. The summed E-state index contributed by atoms with van der Waals surface area (Å²) in [6.45, 7) is 3.81. The second-order valence-corrected chi connectivity index (χ2v) is 9.65. The summed E-state index contributed by atoms with van der Waals surface area (Å²) in [5.74, 6) is 0.331. The number of anilines is 2. The molecular formula is C25H25N3O4S2. The van der Waals surface area contributed by atoms with Gasteiger partial charge in [0.2, 0.25) is 5.91 Å². The average molecular weight is 496 g/mol. The number of thiocarbonyl (C=S) groups is 1. The van der Waals surface area contributed by atoms with E-state index in [1.54, 1.807) is 49.6 Å². The van der Waals surface area contributed by atoms with Crippen LogP contribution in [0.1, 0.15) is 16.7 Å². The van der Waals surface area contributed by atoms with Crippen LogP contribution >= 0.6 is 12.2 Å². The molecule has 3 N–H and O–H groups in total. The Labute approximate surface area is 204 Å². The molecule has 0 aliphatic heterocycles. The van der Waals surface area contributed by atoms with Gasteiger partial charge in [0, 0.05) is 17.5 Å². The molecule has 1 amide bonds. The first-order valence-electron chi connectivity index (χ1n) is 10.3. The molecule has 3 aromatic carbocycles. The van der Waals surface area contributed by atoms with E-state index in [4.69, 9.17) is 17.0 Å². The zero-order chi connectivity index (χ0) is 24.7. The summed E-state index contributed by atoms with van der Waals surface area (Å²) in [7, 11) is -2.16. The van der Waals surface area contributed by atoms with Crippen molar-refractivity contribution in [3.05, 3.63) is 89.5 Å². The van der Waals surface area contributed by atoms with Crippen molar-refractivity contribution in [1.29, 1.82) is 0 Å². The van der Waals surface area contributed by atoms with Crippen LogP contribution in [0.25, 0.3) is 6.08 Å². The summed E-state index contributed by atoms with van der Waals surface area (Å²) in [6, 6.07) is 18.8. The summed E-state index contributed by atoms with van der Waals surface area (Å²) < 4.78 is 33.1. The largest absolute Gasteiger partial charge is 0.497 e. The normalized spacial score (nSPS) is 11.1. The number of aryl methyl sites for hydroxylation is 2. The molecule has 0 radical (unpaired) electrons. The highest BCUT2D eigenvalue weighted by Crippen LogP contribution is 2.20. The van der Waals surface area contributed by atoms with Crippen molar-refractivity contribution in [3.8, 4) is 5.75 Å². The summed E-state index contributed by atoms with van der Waals surface area (Å²) in [4.78, 5) is 12.2. The van der Waals surface area contributed by atoms with Crippen LogP contribution in [0.15, 0.2) is 77.7 Å². The van der Waals surface area contributed by atoms with Gasteiger partial charge in [0.25, 0.3) is 10.0 Å². The lowest BCUT2D eigenvalue weighted by molar-refractivity contribution is -0.115. The molecule has 3 rings (SSSR count). The summed E-state index contributed by atoms with van der Waals surface area (Å²) in [6.07, 6.45) is 3.02. The van der Waals surface area contributed by atoms with E-state index >= 15 is 0 Å². The third-order valence-corrected chi connectivity index (χ3v) is 6.28. The molecule has 0 aliphatic carbocycles. The number of carbonyl (C=O) groups excluding carboxylic acids is 1. The van der Waals surface area contributed by atoms with Crippen LogP contribution in [0, 0.1) is 13.8 Å². The van der Waals surface area contributed by atoms with Crippen LogP contribution < -0.4 is 20.1 Å². The third-order valence-electron chi connectivity index (χ3n) is 4.68. The minimum absolute atomic E-state index is 0.0911. The number of amides is 1. The number of hydrogen-bond acceptors (Lipinski definition) is 5. The zero-order valence-corrected chi connectivity index (χ0v) is 20.6. The Morgan fingerprint density at radius 1 is 0.912 bits per heavy atom. The number of sulfonamides is 1. The second-order valence-electron chi connectivity index (χ2n) is 7.56. The van der Waals surface area contributed by atoms with E-state index in [0.29, 0.717) is 11.4 Å². The molecule has 0 saturated carbocycles. The SMILES string of the molecule is COc1ccc(C=CC(=O)NC(=S)Nc2ccc(S(=O)(=O)Nc3cc(C)cc(C)c3)cc2)cc1. The van der Waals surface area contributed by atoms with Gasteiger partial charge in [-0.3, -0.25) is 14.8 Å². The van der Waals surface area contributed by atoms with E-state index in [1.165, 1.54) is 18.2 Å². The first kappa shape index (κ1) is 24.9. The molecule has 0 heterocycles. The van der Waals surface area contributed by atoms with Gasteiger partial charge in [-0.2, -0.15) is 0 Å². The Morgan fingerprint density at radius 3 is 2.12 bits per heavy atom. The van der Waals surface area contributed by atoms with Crippen molar-refractivity contribution in [2.24, 2.45) is 0 Å². The topological polar surface area (TPSA) is 96.5 Å². The molecule has 0 fully saturated rings. The molecule has 0 unspecified atom stereocenters. The van der Waals surface area contributed by atoms with E-state index in [-0.39, 0.29) is 10.0 Å². The molecule has 176 valence electrons. The third kappa shape index (κ3) is 7.16. The van der Waals surface area contributed by atoms with Crippen LogP contribution in [-0.4, -0.2) is 26.5 Å². The Balaban J connectivity index is 1.57. The Bertz CT molecular complexity index is 1300. The zero-order valence-electron chi connectivity index (χ0n) is 19.0. The molecule has 0 saturated heterocycles. The maximum atomic E-state index is 12.7. The van der Waals surface area contributed by atoms with Crippen molar-refractivity contribution in [1.82, 2.24) is 5.32 Å². The van der Waals surface area contributed by atoms with Crippen LogP contribution in [0.4, 0.5) is 11.4 Å². The van der Waals surface area contributed by atoms with Gasteiger partial charge in [-0.15, -0.1) is 0 Å². The number of hydrogen-bond donors (Lipinski definition) is 3. The molecule has 3 aromatic rings. The summed E-state index contributed by atoms with van der Waals surface area (Å²) in [5, 5.41) is 5.50. The van der Waals surface area contributed by atoms with Crippen molar-refractivity contribution in [2.75, 3.05) is 17.1 Å². The van der Waals surface area contributed by atoms with Crippen molar-refractivity contribution < 1.29 is 17.9 Å². The molecule has 0 spiro atoms. The van der Waals surface area contributed by atoms with E-state index in [1.807, 2.05) is 32.0 Å². The van der Waals surface area contributed by atoms with Crippen molar-refractivity contribution in [3.63, 3.8) is 0 Å². The van der Waals surface area contributed by atoms with Gasteiger partial charge in [0.15, 0.2) is 5.11 Å². The van der Waals surface area contributed by atoms with E-state index in [9.17, 15) is 13.2 Å². The quantitative estimate of drug-likeness (QED) is 0.326. The second kappa shape index (κ2) is 11.0. The van der Waals surface area contributed by atoms with Crippen LogP contribution in [-0.2, 0) is 14.8 Å². The monoisotopic (exact) mass is 495 g/mol. The standard InChI is InChI=1S/C25H25N3O4S2/c1-17-14-18(2)16-21(15-17)28-34(30,31)23-11-7-20(8-12-23)26-25(33)27-24(29)13-6-19-4-9-22(32-3)10-5-19/h4-16,28H,1-3H3,(H2,26,27,29,33). The predicted molar refractivity (Wildman–Crippen MR) is 140 cm³/mol. The minimum atomic E-state index is -3.75. The van der Waals surface area contributed by atoms with Gasteiger partial charge in [-0.05, 0) is 97.4 Å².